The molecule has 1 atom stereocenters. The van der Waals surface area contributed by atoms with Crippen LogP contribution in [0, 0.1) is 6.92 Å². The third kappa shape index (κ3) is 3.99. The summed E-state index contributed by atoms with van der Waals surface area (Å²) in [5.74, 6) is 0.942. The maximum Gasteiger partial charge on any atom is 0.191 e. The van der Waals surface area contributed by atoms with E-state index >= 15 is 0 Å². The predicted octanol–water partition coefficient (Wildman–Crippen LogP) is 1.31. The van der Waals surface area contributed by atoms with Crippen LogP contribution in [0.1, 0.15) is 23.6 Å². The highest BCUT2D eigenvalue weighted by Gasteiger charge is 2.23. The Balaban J connectivity index is 1.71. The van der Waals surface area contributed by atoms with Crippen molar-refractivity contribution in [3.05, 3.63) is 35.4 Å². The van der Waals surface area contributed by atoms with E-state index in [-0.39, 0.29) is 0 Å². The molecule has 3 rings (SSSR count). The van der Waals surface area contributed by atoms with Gasteiger partial charge in [-0.1, -0.05) is 29.8 Å². The fourth-order valence-corrected chi connectivity index (χ4v) is 3.07. The fourth-order valence-electron chi connectivity index (χ4n) is 3.07. The summed E-state index contributed by atoms with van der Waals surface area (Å²) in [6, 6.07) is 9.17. The Morgan fingerprint density at radius 2 is 2.23 bits per heavy atom. The van der Waals surface area contributed by atoms with E-state index in [4.69, 9.17) is 4.74 Å². The second-order valence-corrected chi connectivity index (χ2v) is 5.97. The molecule has 1 unspecified atom stereocenters. The summed E-state index contributed by atoms with van der Waals surface area (Å²) in [6.45, 7) is 8.57. The first-order valence-electron chi connectivity index (χ1n) is 8.23. The second kappa shape index (κ2) is 7.61. The molecular weight excluding hydrogens is 276 g/mol. The topological polar surface area (TPSA) is 48.9 Å². The molecule has 0 saturated carbocycles. The molecule has 5 nitrogen and oxygen atoms in total. The summed E-state index contributed by atoms with van der Waals surface area (Å²) >= 11 is 0. The van der Waals surface area contributed by atoms with E-state index in [0.29, 0.717) is 6.04 Å². The van der Waals surface area contributed by atoms with E-state index in [1.165, 1.54) is 11.1 Å². The van der Waals surface area contributed by atoms with E-state index < -0.39 is 0 Å². The van der Waals surface area contributed by atoms with Crippen LogP contribution in [0.25, 0.3) is 0 Å². The Morgan fingerprint density at radius 3 is 2.95 bits per heavy atom. The van der Waals surface area contributed by atoms with Crippen LogP contribution in [0.4, 0.5) is 0 Å². The van der Waals surface area contributed by atoms with Gasteiger partial charge in [0.05, 0.1) is 19.3 Å². The van der Waals surface area contributed by atoms with Crippen molar-refractivity contribution >= 4 is 5.96 Å². The van der Waals surface area contributed by atoms with Gasteiger partial charge in [0.2, 0.25) is 0 Å². The highest BCUT2D eigenvalue weighted by atomic mass is 16.5. The van der Waals surface area contributed by atoms with Crippen LogP contribution >= 0.6 is 0 Å². The van der Waals surface area contributed by atoms with Gasteiger partial charge in [-0.3, -0.25) is 9.89 Å². The Morgan fingerprint density at radius 1 is 1.36 bits per heavy atom. The van der Waals surface area contributed by atoms with Crippen LogP contribution in [-0.4, -0.2) is 56.8 Å². The molecule has 0 aliphatic carbocycles. The number of hydrogen-bond donors (Lipinski definition) is 2. The fraction of sp³-hybridized carbons (Fsp3) is 0.588. The highest BCUT2D eigenvalue weighted by Crippen LogP contribution is 2.22. The molecule has 1 saturated heterocycles. The lowest BCUT2D eigenvalue weighted by atomic mass is 10.0. The number of nitrogens with one attached hydrogen (secondary N) is 2. The number of nitrogens with zero attached hydrogens (tertiary/aromatic N) is 2. The van der Waals surface area contributed by atoms with E-state index in [1.807, 2.05) is 0 Å². The number of aliphatic imine (C=N–C) groups is 1. The molecule has 0 amide bonds. The third-order valence-electron chi connectivity index (χ3n) is 4.27. The first kappa shape index (κ1) is 15.3. The van der Waals surface area contributed by atoms with Crippen molar-refractivity contribution in [3.8, 4) is 0 Å². The number of hydrogen-bond acceptors (Lipinski definition) is 5. The van der Waals surface area contributed by atoms with Crippen molar-refractivity contribution in [2.75, 3.05) is 45.9 Å². The second-order valence-electron chi connectivity index (χ2n) is 5.97. The van der Waals surface area contributed by atoms with Crippen LogP contribution < -0.4 is 10.6 Å². The lowest BCUT2D eigenvalue weighted by Gasteiger charge is -2.35. The van der Waals surface area contributed by atoms with Crippen LogP contribution in [0.2, 0.25) is 0 Å². The molecule has 1 aromatic rings. The first-order chi connectivity index (χ1) is 10.8. The molecule has 2 aliphatic rings. The van der Waals surface area contributed by atoms with Crippen molar-refractivity contribution < 1.29 is 4.74 Å². The largest absolute Gasteiger partial charge is 0.379 e. The summed E-state index contributed by atoms with van der Waals surface area (Å²) in [5, 5.41) is 6.83. The van der Waals surface area contributed by atoms with Gasteiger partial charge in [0.25, 0.3) is 0 Å². The zero-order valence-electron chi connectivity index (χ0n) is 13.3. The van der Waals surface area contributed by atoms with Crippen LogP contribution in [-0.2, 0) is 4.74 Å². The number of guanidine groups is 1. The molecule has 2 heterocycles. The van der Waals surface area contributed by atoms with Gasteiger partial charge in [0.15, 0.2) is 5.96 Å². The number of rotatable bonds is 4. The van der Waals surface area contributed by atoms with Gasteiger partial charge in [0, 0.05) is 32.7 Å². The average molecular weight is 302 g/mol. The minimum Gasteiger partial charge on any atom is -0.379 e. The minimum absolute atomic E-state index is 0.357. The molecule has 1 aromatic carbocycles. The number of aryl methyl sites for hydroxylation is 1. The predicted molar refractivity (Wildman–Crippen MR) is 89.2 cm³/mol. The van der Waals surface area contributed by atoms with E-state index in [1.54, 1.807) is 0 Å². The minimum atomic E-state index is 0.357. The number of benzene rings is 1. The molecule has 2 aliphatic heterocycles. The standard InChI is InChI=1S/C17H26N4O/c1-14-4-2-5-15(12-14)16(21-8-10-22-11-9-21)13-20-17-18-6-3-7-19-17/h2,4-5,12,16H,3,6-11,13H2,1H3,(H2,18,19,20). The van der Waals surface area contributed by atoms with Crippen LogP contribution in [0.5, 0.6) is 0 Å². The SMILES string of the molecule is Cc1cccc(C(CNC2=NCCCN2)N2CCOCC2)c1. The quantitative estimate of drug-likeness (QED) is 0.880. The molecule has 0 aromatic heterocycles. The summed E-state index contributed by atoms with van der Waals surface area (Å²) in [4.78, 5) is 7.02. The normalized spacial score (nSPS) is 20.9. The maximum atomic E-state index is 5.51. The van der Waals surface area contributed by atoms with Crippen LogP contribution in [0.15, 0.2) is 29.3 Å². The van der Waals surface area contributed by atoms with E-state index in [2.05, 4.69) is 51.7 Å². The molecule has 2 N–H and O–H groups in total. The Bertz CT molecular complexity index is 511. The van der Waals surface area contributed by atoms with Gasteiger partial charge in [-0.05, 0) is 18.9 Å². The molecule has 1 fully saturated rings. The van der Waals surface area contributed by atoms with Gasteiger partial charge >= 0.3 is 0 Å². The van der Waals surface area contributed by atoms with Crippen molar-refractivity contribution in [2.24, 2.45) is 4.99 Å². The lowest BCUT2D eigenvalue weighted by molar-refractivity contribution is 0.0170. The summed E-state index contributed by atoms with van der Waals surface area (Å²) in [6.07, 6.45) is 1.12. The van der Waals surface area contributed by atoms with Gasteiger partial charge in [-0.2, -0.15) is 0 Å². The Kier molecular flexibility index (Phi) is 5.29. The van der Waals surface area contributed by atoms with Gasteiger partial charge in [0.1, 0.15) is 0 Å². The summed E-state index contributed by atoms with van der Waals surface area (Å²) in [5.41, 5.74) is 2.68. The van der Waals surface area contributed by atoms with Gasteiger partial charge in [-0.15, -0.1) is 0 Å². The highest BCUT2D eigenvalue weighted by molar-refractivity contribution is 5.80. The van der Waals surface area contributed by atoms with Crippen LogP contribution in [0.3, 0.4) is 0 Å². The van der Waals surface area contributed by atoms with E-state index in [9.17, 15) is 0 Å². The molecule has 120 valence electrons. The van der Waals surface area contributed by atoms with Crippen molar-refractivity contribution in [1.29, 1.82) is 0 Å². The number of ether oxygens (including phenoxy) is 1. The average Bonchev–Trinajstić information content (AvgIpc) is 2.57. The lowest BCUT2D eigenvalue weighted by Crippen LogP contribution is -2.47. The van der Waals surface area contributed by atoms with Gasteiger partial charge in [-0.25, -0.2) is 0 Å². The maximum absolute atomic E-state index is 5.51. The molecule has 0 radical (unpaired) electrons. The Labute approximate surface area is 132 Å². The van der Waals surface area contributed by atoms with Crippen molar-refractivity contribution in [3.63, 3.8) is 0 Å². The monoisotopic (exact) mass is 302 g/mol. The third-order valence-corrected chi connectivity index (χ3v) is 4.27. The van der Waals surface area contributed by atoms with Crippen molar-refractivity contribution in [1.82, 2.24) is 15.5 Å². The smallest absolute Gasteiger partial charge is 0.191 e. The van der Waals surface area contributed by atoms with Crippen molar-refractivity contribution in [2.45, 2.75) is 19.4 Å². The summed E-state index contributed by atoms with van der Waals surface area (Å²) < 4.78 is 5.51. The number of morpholine rings is 1. The zero-order valence-corrected chi connectivity index (χ0v) is 13.3. The molecule has 5 heteroatoms. The van der Waals surface area contributed by atoms with E-state index in [0.717, 1.165) is 58.3 Å². The Hall–Kier alpha value is -1.59. The van der Waals surface area contributed by atoms with Gasteiger partial charge < -0.3 is 15.4 Å². The molecule has 0 bridgehead atoms. The summed E-state index contributed by atoms with van der Waals surface area (Å²) in [7, 11) is 0. The zero-order chi connectivity index (χ0) is 15.2. The molecule has 0 spiro atoms. The molecular formula is C17H26N4O. The molecule has 22 heavy (non-hydrogen) atoms. The first-order valence-corrected chi connectivity index (χ1v) is 8.23.